The van der Waals surface area contributed by atoms with E-state index in [4.69, 9.17) is 14.2 Å². The fourth-order valence-corrected chi connectivity index (χ4v) is 5.86. The molecule has 8 heteroatoms. The van der Waals surface area contributed by atoms with E-state index in [1.807, 2.05) is 32.1 Å². The fraction of sp³-hybridized carbons (Fsp3) is 0.462. The van der Waals surface area contributed by atoms with Crippen LogP contribution in [-0.4, -0.2) is 41.4 Å². The molecule has 2 aliphatic carbocycles. The number of hydrogen-bond donors (Lipinski definition) is 1. The number of nitrogens with zero attached hydrogens (tertiary/aromatic N) is 2. The van der Waals surface area contributed by atoms with Gasteiger partial charge >= 0.3 is 5.97 Å². The van der Waals surface area contributed by atoms with Crippen LogP contribution >= 0.6 is 0 Å². The van der Waals surface area contributed by atoms with Crippen LogP contribution in [0.5, 0.6) is 5.88 Å². The van der Waals surface area contributed by atoms with Crippen molar-refractivity contribution in [1.82, 2.24) is 10.3 Å². The van der Waals surface area contributed by atoms with Crippen molar-refractivity contribution in [1.29, 1.82) is 0 Å². The highest BCUT2D eigenvalue weighted by Crippen LogP contribution is 2.53. The molecule has 3 aliphatic heterocycles. The van der Waals surface area contributed by atoms with Gasteiger partial charge in [0.25, 0.3) is 5.91 Å². The highest BCUT2D eigenvalue weighted by atomic mass is 16.5. The molecule has 0 saturated carbocycles. The Bertz CT molecular complexity index is 1250. The minimum absolute atomic E-state index is 0.147. The van der Waals surface area contributed by atoms with Crippen LogP contribution in [0.25, 0.3) is 0 Å². The van der Waals surface area contributed by atoms with Crippen molar-refractivity contribution >= 4 is 17.8 Å². The van der Waals surface area contributed by atoms with Crippen LogP contribution in [0.2, 0.25) is 0 Å². The number of carbonyl (C=O) groups is 2. The Balaban J connectivity index is 1.49. The zero-order valence-electron chi connectivity index (χ0n) is 19.6. The molecule has 1 N–H and O–H groups in total. The highest BCUT2D eigenvalue weighted by molar-refractivity contribution is 6.11. The van der Waals surface area contributed by atoms with E-state index in [0.29, 0.717) is 17.7 Å². The number of amides is 1. The van der Waals surface area contributed by atoms with Crippen LogP contribution in [-0.2, 0) is 30.3 Å². The summed E-state index contributed by atoms with van der Waals surface area (Å²) in [5.41, 5.74) is 1.96. The van der Waals surface area contributed by atoms with Crippen LogP contribution in [0.3, 0.4) is 0 Å². The van der Waals surface area contributed by atoms with Crippen molar-refractivity contribution in [3.63, 3.8) is 0 Å². The van der Waals surface area contributed by atoms with E-state index >= 15 is 0 Å². The first kappa shape index (κ1) is 21.4. The van der Waals surface area contributed by atoms with Gasteiger partial charge in [0.2, 0.25) is 17.4 Å². The Morgan fingerprint density at radius 3 is 2.74 bits per heavy atom. The molecule has 2 spiro atoms. The van der Waals surface area contributed by atoms with Crippen molar-refractivity contribution in [2.24, 2.45) is 4.99 Å². The number of carbonyl (C=O) groups excluding carboxylic acids is 2. The Hall–Kier alpha value is -3.10. The Labute approximate surface area is 197 Å². The summed E-state index contributed by atoms with van der Waals surface area (Å²) in [4.78, 5) is 34.1. The van der Waals surface area contributed by atoms with Gasteiger partial charge in [-0.15, -0.1) is 0 Å². The molecule has 1 aromatic rings. The lowest BCUT2D eigenvalue weighted by Gasteiger charge is -2.36. The van der Waals surface area contributed by atoms with Gasteiger partial charge in [0.1, 0.15) is 5.60 Å². The van der Waals surface area contributed by atoms with Gasteiger partial charge < -0.3 is 19.5 Å². The van der Waals surface area contributed by atoms with E-state index < -0.39 is 22.8 Å². The monoisotopic (exact) mass is 461 g/mol. The van der Waals surface area contributed by atoms with Gasteiger partial charge in [-0.2, -0.15) is 4.99 Å². The molecule has 6 rings (SSSR count). The van der Waals surface area contributed by atoms with E-state index in [0.717, 1.165) is 49.1 Å². The zero-order valence-corrected chi connectivity index (χ0v) is 19.6. The van der Waals surface area contributed by atoms with Crippen LogP contribution in [0.4, 0.5) is 0 Å². The van der Waals surface area contributed by atoms with E-state index in [2.05, 4.69) is 21.4 Å². The molecule has 8 nitrogen and oxygen atoms in total. The third-order valence-electron chi connectivity index (χ3n) is 7.25. The highest BCUT2D eigenvalue weighted by Gasteiger charge is 2.55. The number of aliphatic imine (C=N–C) groups is 1. The first-order valence-electron chi connectivity index (χ1n) is 11.8. The summed E-state index contributed by atoms with van der Waals surface area (Å²) in [7, 11) is 0. The van der Waals surface area contributed by atoms with Gasteiger partial charge in [-0.05, 0) is 63.4 Å². The van der Waals surface area contributed by atoms with Crippen LogP contribution in [0.15, 0.2) is 46.5 Å². The van der Waals surface area contributed by atoms with E-state index in [9.17, 15) is 9.59 Å². The summed E-state index contributed by atoms with van der Waals surface area (Å²) in [6, 6.07) is 1.66. The predicted octanol–water partition coefficient (Wildman–Crippen LogP) is 3.11. The summed E-state index contributed by atoms with van der Waals surface area (Å²) in [6.07, 6.45) is 10.8. The Morgan fingerprint density at radius 1 is 1.21 bits per heavy atom. The average Bonchev–Trinajstić information content (AvgIpc) is 3.38. The summed E-state index contributed by atoms with van der Waals surface area (Å²) in [6.45, 7) is 6.86. The summed E-state index contributed by atoms with van der Waals surface area (Å²) in [5, 5.41) is 3.39. The van der Waals surface area contributed by atoms with Gasteiger partial charge in [0.15, 0.2) is 0 Å². The zero-order chi connectivity index (χ0) is 23.7. The van der Waals surface area contributed by atoms with Crippen LogP contribution in [0.1, 0.15) is 63.3 Å². The maximum absolute atomic E-state index is 13.2. The Kier molecular flexibility index (Phi) is 4.54. The molecule has 0 aromatic carbocycles. The molecular weight excluding hydrogens is 434 g/mol. The SMILES string of the molecule is CC(=O)Oc1cc(C2=NC(=O)C3(C=C4CC=CC=C4C3)O2)c2c(n1)C(C)(C)OC21CCNCC1. The number of piperidine rings is 1. The number of allylic oxidation sites excluding steroid dienone is 4. The average molecular weight is 462 g/mol. The molecule has 1 unspecified atom stereocenters. The molecule has 0 bridgehead atoms. The minimum atomic E-state index is -1.13. The van der Waals surface area contributed by atoms with Crippen molar-refractivity contribution < 1.29 is 23.8 Å². The topological polar surface area (TPSA) is 99.1 Å². The maximum Gasteiger partial charge on any atom is 0.309 e. The standard InChI is InChI=1S/C26H27N3O5/c1-15(30)32-19-12-18(20-21(28-19)24(2,3)34-25(20)8-10-27-11-9-25)22-29-23(31)26(33-22)13-16-6-4-5-7-17(16)14-26/h4-6,12,14,27H,7-11,13H2,1-3H3. The van der Waals surface area contributed by atoms with Crippen LogP contribution < -0.4 is 10.1 Å². The summed E-state index contributed by atoms with van der Waals surface area (Å²) < 4.78 is 18.5. The molecule has 5 aliphatic rings. The van der Waals surface area contributed by atoms with Crippen molar-refractivity contribution in [2.45, 2.75) is 63.3 Å². The molecule has 1 amide bonds. The third-order valence-corrected chi connectivity index (χ3v) is 7.25. The van der Waals surface area contributed by atoms with Gasteiger partial charge in [-0.3, -0.25) is 9.59 Å². The van der Waals surface area contributed by atoms with Gasteiger partial charge in [-0.25, -0.2) is 4.98 Å². The first-order chi connectivity index (χ1) is 16.2. The number of hydrogen-bond acceptors (Lipinski definition) is 7. The molecule has 1 saturated heterocycles. The molecule has 1 aromatic heterocycles. The smallest absolute Gasteiger partial charge is 0.309 e. The number of ether oxygens (including phenoxy) is 3. The number of pyridine rings is 1. The third kappa shape index (κ3) is 3.12. The lowest BCUT2D eigenvalue weighted by molar-refractivity contribution is -0.140. The molecule has 176 valence electrons. The van der Waals surface area contributed by atoms with Gasteiger partial charge in [-0.1, -0.05) is 18.2 Å². The number of rotatable bonds is 2. The lowest BCUT2D eigenvalue weighted by Crippen LogP contribution is -2.41. The molecule has 1 fully saturated rings. The summed E-state index contributed by atoms with van der Waals surface area (Å²) in [5.74, 6) is -0.408. The first-order valence-corrected chi connectivity index (χ1v) is 11.8. The Morgan fingerprint density at radius 2 is 2.00 bits per heavy atom. The second kappa shape index (κ2) is 7.20. The van der Waals surface area contributed by atoms with Crippen molar-refractivity contribution in [2.75, 3.05) is 13.1 Å². The number of fused-ring (bicyclic) bond motifs is 3. The fourth-order valence-electron chi connectivity index (χ4n) is 5.86. The van der Waals surface area contributed by atoms with Crippen molar-refractivity contribution in [3.8, 4) is 5.88 Å². The minimum Gasteiger partial charge on any atom is -0.456 e. The van der Waals surface area contributed by atoms with Gasteiger partial charge in [0, 0.05) is 25.0 Å². The number of esters is 1. The lowest BCUT2D eigenvalue weighted by atomic mass is 9.82. The number of nitrogens with one attached hydrogen (secondary N) is 1. The molecule has 4 heterocycles. The summed E-state index contributed by atoms with van der Waals surface area (Å²) >= 11 is 0. The van der Waals surface area contributed by atoms with E-state index in [1.165, 1.54) is 6.92 Å². The predicted molar refractivity (Wildman–Crippen MR) is 123 cm³/mol. The molecular formula is C26H27N3O5. The van der Waals surface area contributed by atoms with Crippen LogP contribution in [0, 0.1) is 0 Å². The second-order valence-electron chi connectivity index (χ2n) is 10.1. The maximum atomic E-state index is 13.2. The quantitative estimate of drug-likeness (QED) is 0.676. The molecule has 0 radical (unpaired) electrons. The molecule has 1 atom stereocenters. The molecule has 34 heavy (non-hydrogen) atoms. The second-order valence-corrected chi connectivity index (χ2v) is 10.1. The van der Waals surface area contributed by atoms with Gasteiger partial charge in [0.05, 0.1) is 16.9 Å². The normalized spacial score (nSPS) is 27.7. The van der Waals surface area contributed by atoms with Crippen molar-refractivity contribution in [3.05, 3.63) is 58.3 Å². The largest absolute Gasteiger partial charge is 0.456 e. The van der Waals surface area contributed by atoms with E-state index in [-0.39, 0.29) is 17.7 Å². The van der Waals surface area contributed by atoms with E-state index in [1.54, 1.807) is 6.07 Å². The number of aromatic nitrogens is 1.